The van der Waals surface area contributed by atoms with Crippen molar-refractivity contribution in [3.8, 4) is 11.5 Å². The molecule has 0 saturated carbocycles. The van der Waals surface area contributed by atoms with Crippen LogP contribution < -0.4 is 20.1 Å². The van der Waals surface area contributed by atoms with Gasteiger partial charge in [-0.1, -0.05) is 30.3 Å². The van der Waals surface area contributed by atoms with E-state index in [4.69, 9.17) is 9.15 Å². The first-order valence-corrected chi connectivity index (χ1v) is 12.5. The van der Waals surface area contributed by atoms with Crippen molar-refractivity contribution in [2.24, 2.45) is 0 Å². The van der Waals surface area contributed by atoms with Gasteiger partial charge in [0.05, 0.1) is 35.4 Å². The fourth-order valence-electron chi connectivity index (χ4n) is 3.43. The van der Waals surface area contributed by atoms with Crippen LogP contribution in [0.5, 0.6) is 11.5 Å². The number of ether oxygens (including phenoxy) is 1. The van der Waals surface area contributed by atoms with E-state index in [0.29, 0.717) is 11.5 Å². The molecule has 37 heavy (non-hydrogen) atoms. The van der Waals surface area contributed by atoms with Gasteiger partial charge in [0.25, 0.3) is 10.0 Å². The van der Waals surface area contributed by atoms with E-state index < -0.39 is 26.8 Å². The zero-order chi connectivity index (χ0) is 26.4. The summed E-state index contributed by atoms with van der Waals surface area (Å²) in [7, 11) is -4.43. The summed E-state index contributed by atoms with van der Waals surface area (Å²) >= 11 is 0. The molecule has 0 unspecified atom stereocenters. The molecule has 3 aromatic carbocycles. The zero-order valence-electron chi connectivity index (χ0n) is 19.6. The molecule has 0 spiro atoms. The predicted molar refractivity (Wildman–Crippen MR) is 138 cm³/mol. The number of carboxylic acid groups (broad SMARTS) is 1. The number of carbonyl (C=O) groups excluding carboxylic acids is 1. The van der Waals surface area contributed by atoms with Crippen LogP contribution in [0.3, 0.4) is 0 Å². The van der Waals surface area contributed by atoms with Gasteiger partial charge < -0.3 is 24.9 Å². The largest absolute Gasteiger partial charge is 0.478 e. The van der Waals surface area contributed by atoms with Crippen molar-refractivity contribution in [1.82, 2.24) is 0 Å². The summed E-state index contributed by atoms with van der Waals surface area (Å²) in [5, 5.41) is 15.3. The number of nitrogens with one attached hydrogen (secondary N) is 3. The highest BCUT2D eigenvalue weighted by Gasteiger charge is 2.27. The molecule has 11 heteroatoms. The molecule has 1 amide bonds. The molecular weight excluding hydrogens is 498 g/mol. The predicted octanol–water partition coefficient (Wildman–Crippen LogP) is 5.14. The summed E-state index contributed by atoms with van der Waals surface area (Å²) < 4.78 is 41.1. The lowest BCUT2D eigenvalue weighted by Crippen LogP contribution is -2.18. The maximum Gasteiger partial charge on any atom is 0.335 e. The summed E-state index contributed by atoms with van der Waals surface area (Å²) in [6, 6.07) is 20.4. The molecule has 190 valence electrons. The van der Waals surface area contributed by atoms with Crippen LogP contribution in [0, 0.1) is 0 Å². The van der Waals surface area contributed by atoms with Gasteiger partial charge in [0.2, 0.25) is 5.91 Å². The molecule has 1 heterocycles. The van der Waals surface area contributed by atoms with Gasteiger partial charge in [0, 0.05) is 6.92 Å². The van der Waals surface area contributed by atoms with Gasteiger partial charge in [0.15, 0.2) is 5.75 Å². The second-order valence-electron chi connectivity index (χ2n) is 7.84. The van der Waals surface area contributed by atoms with E-state index in [9.17, 15) is 23.1 Å². The number of carbonyl (C=O) groups is 2. The fourth-order valence-corrected chi connectivity index (χ4v) is 4.69. The van der Waals surface area contributed by atoms with Crippen LogP contribution in [-0.4, -0.2) is 25.4 Å². The first kappa shape index (κ1) is 25.3. The molecule has 0 bridgehead atoms. The van der Waals surface area contributed by atoms with Gasteiger partial charge in [-0.05, 0) is 48.5 Å². The monoisotopic (exact) mass is 521 g/mol. The second-order valence-corrected chi connectivity index (χ2v) is 9.49. The Morgan fingerprint density at radius 1 is 0.919 bits per heavy atom. The quantitative estimate of drug-likeness (QED) is 0.224. The summed E-state index contributed by atoms with van der Waals surface area (Å²) in [5.74, 6) is -0.966. The van der Waals surface area contributed by atoms with Crippen molar-refractivity contribution in [3.05, 3.63) is 96.4 Å². The number of aromatic carboxylic acids is 1. The Kier molecular flexibility index (Phi) is 7.44. The Bertz CT molecular complexity index is 1520. The molecule has 4 aromatic rings. The van der Waals surface area contributed by atoms with Crippen LogP contribution in [0.25, 0.3) is 0 Å². The normalized spacial score (nSPS) is 10.9. The highest BCUT2D eigenvalue weighted by molar-refractivity contribution is 7.92. The molecule has 0 aliphatic carbocycles. The number of furan rings is 1. The summed E-state index contributed by atoms with van der Waals surface area (Å²) in [4.78, 5) is 23.1. The Balaban J connectivity index is 1.83. The van der Waals surface area contributed by atoms with Crippen LogP contribution in [0.1, 0.15) is 23.0 Å². The second kappa shape index (κ2) is 10.9. The van der Waals surface area contributed by atoms with Crippen molar-refractivity contribution in [2.75, 3.05) is 15.4 Å². The van der Waals surface area contributed by atoms with E-state index in [-0.39, 0.29) is 34.9 Å². The number of rotatable bonds is 10. The number of sulfonamides is 1. The van der Waals surface area contributed by atoms with Crippen molar-refractivity contribution in [2.45, 2.75) is 18.4 Å². The van der Waals surface area contributed by atoms with Crippen LogP contribution in [0.15, 0.2) is 94.4 Å². The SMILES string of the molecule is CC(=O)Nc1ccccc1NS(=O)(=O)c1cc(C(=O)O)cc(NCc2ccco2)c1Oc1ccccc1. The molecule has 10 nitrogen and oxygen atoms in total. The van der Waals surface area contributed by atoms with Gasteiger partial charge in [-0.2, -0.15) is 0 Å². The minimum atomic E-state index is -4.43. The molecule has 0 fully saturated rings. The van der Waals surface area contributed by atoms with Crippen molar-refractivity contribution in [3.63, 3.8) is 0 Å². The smallest absolute Gasteiger partial charge is 0.335 e. The Hall–Kier alpha value is -4.77. The van der Waals surface area contributed by atoms with E-state index in [2.05, 4.69) is 15.4 Å². The minimum Gasteiger partial charge on any atom is -0.478 e. The number of anilines is 3. The topological polar surface area (TPSA) is 147 Å². The lowest BCUT2D eigenvalue weighted by Gasteiger charge is -2.19. The first-order valence-electron chi connectivity index (χ1n) is 11.0. The van der Waals surface area contributed by atoms with E-state index in [1.165, 1.54) is 31.4 Å². The van der Waals surface area contributed by atoms with Crippen molar-refractivity contribution < 1.29 is 32.3 Å². The third-order valence-corrected chi connectivity index (χ3v) is 6.44. The summed E-state index contributed by atoms with van der Waals surface area (Å²) in [5.41, 5.74) is 0.164. The fraction of sp³-hybridized carbons (Fsp3) is 0.0769. The highest BCUT2D eigenvalue weighted by atomic mass is 32.2. The third-order valence-electron chi connectivity index (χ3n) is 5.07. The molecular formula is C26H23N3O7S. The number of hydrogen-bond acceptors (Lipinski definition) is 7. The third kappa shape index (κ3) is 6.27. The lowest BCUT2D eigenvalue weighted by atomic mass is 10.1. The standard InChI is InChI=1S/C26H23N3O7S/c1-17(30)28-21-11-5-6-12-22(21)29-37(33,34)24-15-18(26(31)32)14-23(27-16-20-10-7-13-35-20)25(24)36-19-8-3-2-4-9-19/h2-15,27,29H,16H2,1H3,(H,28,30)(H,31,32). The van der Waals surface area contributed by atoms with Crippen LogP contribution in [-0.2, 0) is 21.4 Å². The number of hydrogen-bond donors (Lipinski definition) is 4. The van der Waals surface area contributed by atoms with Crippen molar-refractivity contribution >= 4 is 39.0 Å². The zero-order valence-corrected chi connectivity index (χ0v) is 20.4. The molecule has 0 aliphatic rings. The van der Waals surface area contributed by atoms with E-state index in [0.717, 1.165) is 6.07 Å². The van der Waals surface area contributed by atoms with Gasteiger partial charge in [0.1, 0.15) is 16.4 Å². The first-order chi connectivity index (χ1) is 17.7. The lowest BCUT2D eigenvalue weighted by molar-refractivity contribution is -0.114. The molecule has 0 radical (unpaired) electrons. The minimum absolute atomic E-state index is 0.0918. The Morgan fingerprint density at radius 3 is 2.27 bits per heavy atom. The molecule has 4 N–H and O–H groups in total. The number of para-hydroxylation sites is 3. The summed E-state index contributed by atoms with van der Waals surface area (Å²) in [6.45, 7) is 1.43. The summed E-state index contributed by atoms with van der Waals surface area (Å²) in [6.07, 6.45) is 1.48. The Morgan fingerprint density at radius 2 is 1.62 bits per heavy atom. The highest BCUT2D eigenvalue weighted by Crippen LogP contribution is 2.39. The van der Waals surface area contributed by atoms with Gasteiger partial charge in [-0.3, -0.25) is 9.52 Å². The number of benzene rings is 3. The van der Waals surface area contributed by atoms with E-state index in [1.807, 2.05) is 0 Å². The average Bonchev–Trinajstić information content (AvgIpc) is 3.38. The van der Waals surface area contributed by atoms with E-state index in [1.54, 1.807) is 54.6 Å². The molecule has 4 rings (SSSR count). The maximum atomic E-state index is 13.7. The molecule has 1 aromatic heterocycles. The molecule has 0 aliphatic heterocycles. The molecule has 0 atom stereocenters. The van der Waals surface area contributed by atoms with Gasteiger partial charge in [-0.15, -0.1) is 0 Å². The van der Waals surface area contributed by atoms with Crippen molar-refractivity contribution in [1.29, 1.82) is 0 Å². The number of carboxylic acids is 1. The van der Waals surface area contributed by atoms with Gasteiger partial charge >= 0.3 is 5.97 Å². The van der Waals surface area contributed by atoms with Gasteiger partial charge in [-0.25, -0.2) is 13.2 Å². The van der Waals surface area contributed by atoms with Crippen LogP contribution in [0.2, 0.25) is 0 Å². The maximum absolute atomic E-state index is 13.7. The average molecular weight is 522 g/mol. The van der Waals surface area contributed by atoms with E-state index >= 15 is 0 Å². The number of amides is 1. The molecule has 0 saturated heterocycles. The Labute approximate surface area is 212 Å². The van der Waals surface area contributed by atoms with Crippen LogP contribution >= 0.6 is 0 Å². The van der Waals surface area contributed by atoms with Crippen LogP contribution in [0.4, 0.5) is 17.1 Å².